The Morgan fingerprint density at radius 1 is 1.21 bits per heavy atom. The Labute approximate surface area is 142 Å². The Hall–Kier alpha value is -2.42. The molecular formula is C15H18N4O4S. The van der Waals surface area contributed by atoms with E-state index in [2.05, 4.69) is 15.0 Å². The molecule has 0 saturated heterocycles. The zero-order chi connectivity index (χ0) is 17.1. The third-order valence-corrected chi connectivity index (χ3v) is 4.90. The van der Waals surface area contributed by atoms with E-state index >= 15 is 0 Å². The Morgan fingerprint density at radius 2 is 2.04 bits per heavy atom. The fourth-order valence-corrected chi connectivity index (χ4v) is 3.67. The van der Waals surface area contributed by atoms with Gasteiger partial charge in [-0.25, -0.2) is 13.5 Å². The van der Waals surface area contributed by atoms with Crippen molar-refractivity contribution in [2.45, 2.75) is 12.2 Å². The maximum Gasteiger partial charge on any atom is 0.183 e. The third kappa shape index (κ3) is 2.99. The first-order valence-electron chi connectivity index (χ1n) is 7.24. The summed E-state index contributed by atoms with van der Waals surface area (Å²) in [5, 5.41) is 0. The van der Waals surface area contributed by atoms with Gasteiger partial charge in [0.25, 0.3) is 0 Å². The van der Waals surface area contributed by atoms with Crippen LogP contribution in [-0.2, 0) is 21.5 Å². The van der Waals surface area contributed by atoms with E-state index in [1.54, 1.807) is 37.0 Å². The number of methoxy groups -OCH3 is 3. The molecule has 128 valence electrons. The number of aliphatic imine (C=N–C) groups is 2. The number of amidine groups is 1. The number of aromatic nitrogens is 1. The van der Waals surface area contributed by atoms with E-state index in [0.717, 1.165) is 5.71 Å². The number of hydrogen-bond acceptors (Lipinski definition) is 7. The van der Waals surface area contributed by atoms with E-state index in [1.165, 1.54) is 7.11 Å². The van der Waals surface area contributed by atoms with Gasteiger partial charge in [-0.2, -0.15) is 0 Å². The number of pyridine rings is 1. The van der Waals surface area contributed by atoms with Gasteiger partial charge in [-0.15, -0.1) is 0 Å². The quantitative estimate of drug-likeness (QED) is 0.771. The molecule has 1 aromatic heterocycles. The largest absolute Gasteiger partial charge is 0.499 e. The summed E-state index contributed by atoms with van der Waals surface area (Å²) in [5.41, 5.74) is 1.33. The molecule has 0 fully saturated rings. The molecule has 1 aromatic rings. The Morgan fingerprint density at radius 3 is 2.75 bits per heavy atom. The first kappa shape index (κ1) is 16.4. The van der Waals surface area contributed by atoms with Crippen molar-refractivity contribution in [1.29, 1.82) is 0 Å². The molecule has 0 aliphatic carbocycles. The Balaban J connectivity index is 1.88. The van der Waals surface area contributed by atoms with Crippen LogP contribution >= 0.6 is 0 Å². The highest BCUT2D eigenvalue weighted by atomic mass is 32.2. The fraction of sp³-hybridized carbons (Fsp3) is 0.400. The molecule has 0 saturated carbocycles. The molecule has 3 rings (SSSR count). The summed E-state index contributed by atoms with van der Waals surface area (Å²) in [6.07, 6.45) is 3.86. The van der Waals surface area contributed by atoms with Crippen molar-refractivity contribution < 1.29 is 18.4 Å². The second-order valence-corrected chi connectivity index (χ2v) is 6.31. The second kappa shape index (κ2) is 7.00. The van der Waals surface area contributed by atoms with Crippen LogP contribution in [0.15, 0.2) is 34.2 Å². The van der Waals surface area contributed by atoms with Gasteiger partial charge >= 0.3 is 0 Å². The number of rotatable bonds is 6. The minimum atomic E-state index is -1.45. The lowest BCUT2D eigenvalue weighted by Crippen LogP contribution is -2.37. The van der Waals surface area contributed by atoms with Gasteiger partial charge in [0.2, 0.25) is 0 Å². The van der Waals surface area contributed by atoms with E-state index in [9.17, 15) is 4.21 Å². The minimum absolute atomic E-state index is 0.153. The SMILES string of the molecule is COC1=CN(S(=O)Cc2nccc(OC)c2OC)C2=NCN=C2C1. The van der Waals surface area contributed by atoms with Gasteiger partial charge in [0, 0.05) is 12.3 Å². The average molecular weight is 350 g/mol. The molecule has 2 aliphatic rings. The van der Waals surface area contributed by atoms with Crippen LogP contribution in [0.25, 0.3) is 0 Å². The lowest BCUT2D eigenvalue weighted by Gasteiger charge is -2.25. The maximum absolute atomic E-state index is 12.9. The molecule has 3 heterocycles. The van der Waals surface area contributed by atoms with Gasteiger partial charge < -0.3 is 14.2 Å². The molecule has 0 spiro atoms. The number of allylic oxidation sites excluding steroid dienone is 1. The van der Waals surface area contributed by atoms with Gasteiger partial charge in [0.1, 0.15) is 29.1 Å². The van der Waals surface area contributed by atoms with Crippen molar-refractivity contribution in [3.63, 3.8) is 0 Å². The van der Waals surface area contributed by atoms with Crippen LogP contribution in [0, 0.1) is 0 Å². The van der Waals surface area contributed by atoms with E-state index in [4.69, 9.17) is 14.2 Å². The fourth-order valence-electron chi connectivity index (χ4n) is 2.50. The monoisotopic (exact) mass is 350 g/mol. The normalized spacial score (nSPS) is 17.5. The molecule has 0 aromatic carbocycles. The van der Waals surface area contributed by atoms with Crippen molar-refractivity contribution in [1.82, 2.24) is 9.29 Å². The zero-order valence-corrected chi connectivity index (χ0v) is 14.5. The van der Waals surface area contributed by atoms with Gasteiger partial charge in [0.05, 0.1) is 45.4 Å². The maximum atomic E-state index is 12.9. The topological polar surface area (TPSA) is 85.6 Å². The van der Waals surface area contributed by atoms with E-state index in [-0.39, 0.29) is 5.75 Å². The molecule has 9 heteroatoms. The molecule has 0 amide bonds. The van der Waals surface area contributed by atoms with E-state index < -0.39 is 11.0 Å². The smallest absolute Gasteiger partial charge is 0.183 e. The summed E-state index contributed by atoms with van der Waals surface area (Å²) in [7, 11) is 3.21. The van der Waals surface area contributed by atoms with Gasteiger partial charge in [-0.3, -0.25) is 9.98 Å². The van der Waals surface area contributed by atoms with Crippen molar-refractivity contribution in [2.24, 2.45) is 9.98 Å². The highest BCUT2D eigenvalue weighted by Crippen LogP contribution is 2.30. The standard InChI is InChI=1S/C15H18N4O4S/c1-21-10-6-11-15(18-9-17-11)19(7-10)24(20)8-12-14(23-3)13(22-2)4-5-16-12/h4-5,7H,6,8-9H2,1-3H3. The lowest BCUT2D eigenvalue weighted by atomic mass is 10.2. The van der Waals surface area contributed by atoms with Gasteiger partial charge in [-0.05, 0) is 0 Å². The summed E-state index contributed by atoms with van der Waals surface area (Å²) in [6, 6.07) is 1.70. The second-order valence-electron chi connectivity index (χ2n) is 4.99. The number of fused-ring (bicyclic) bond motifs is 1. The zero-order valence-electron chi connectivity index (χ0n) is 13.7. The van der Waals surface area contributed by atoms with Crippen LogP contribution in [0.3, 0.4) is 0 Å². The highest BCUT2D eigenvalue weighted by Gasteiger charge is 2.30. The first-order chi connectivity index (χ1) is 11.7. The average Bonchev–Trinajstić information content (AvgIpc) is 3.08. The highest BCUT2D eigenvalue weighted by molar-refractivity contribution is 7.82. The van der Waals surface area contributed by atoms with Crippen molar-refractivity contribution >= 4 is 22.5 Å². The predicted molar refractivity (Wildman–Crippen MR) is 90.5 cm³/mol. The number of ether oxygens (including phenoxy) is 3. The van der Waals surface area contributed by atoms with Crippen LogP contribution in [0.2, 0.25) is 0 Å². The predicted octanol–water partition coefficient (Wildman–Crippen LogP) is 1.27. The molecule has 0 bridgehead atoms. The van der Waals surface area contributed by atoms with Crippen molar-refractivity contribution in [2.75, 3.05) is 28.0 Å². The van der Waals surface area contributed by atoms with Crippen LogP contribution in [-0.4, -0.2) is 53.0 Å². The molecule has 1 unspecified atom stereocenters. The van der Waals surface area contributed by atoms with Gasteiger partial charge in [-0.1, -0.05) is 0 Å². The van der Waals surface area contributed by atoms with E-state index in [0.29, 0.717) is 41.9 Å². The Kier molecular flexibility index (Phi) is 4.79. The van der Waals surface area contributed by atoms with Crippen LogP contribution in [0.4, 0.5) is 0 Å². The summed E-state index contributed by atoms with van der Waals surface area (Å²) in [4.78, 5) is 12.9. The Bertz CT molecular complexity index is 760. The summed E-state index contributed by atoms with van der Waals surface area (Å²) in [6.45, 7) is 0.351. The molecule has 0 radical (unpaired) electrons. The molecule has 2 aliphatic heterocycles. The van der Waals surface area contributed by atoms with Crippen molar-refractivity contribution in [3.8, 4) is 11.5 Å². The first-order valence-corrected chi connectivity index (χ1v) is 8.52. The van der Waals surface area contributed by atoms with E-state index in [1.807, 2.05) is 0 Å². The summed E-state index contributed by atoms with van der Waals surface area (Å²) in [5.74, 6) is 2.49. The number of hydrogen-bond donors (Lipinski definition) is 0. The molecule has 0 N–H and O–H groups in total. The summed E-state index contributed by atoms with van der Waals surface area (Å²) >= 11 is 0. The van der Waals surface area contributed by atoms with Crippen LogP contribution in [0.1, 0.15) is 12.1 Å². The number of nitrogens with zero attached hydrogens (tertiary/aromatic N) is 4. The van der Waals surface area contributed by atoms with Gasteiger partial charge in [0.15, 0.2) is 17.3 Å². The molecule has 1 atom stereocenters. The minimum Gasteiger partial charge on any atom is -0.499 e. The van der Waals surface area contributed by atoms with Crippen LogP contribution < -0.4 is 9.47 Å². The lowest BCUT2D eigenvalue weighted by molar-refractivity contribution is 0.281. The summed E-state index contributed by atoms with van der Waals surface area (Å²) < 4.78 is 30.4. The molecular weight excluding hydrogens is 332 g/mol. The van der Waals surface area contributed by atoms with Crippen molar-refractivity contribution in [3.05, 3.63) is 29.9 Å². The molecule has 8 nitrogen and oxygen atoms in total. The van der Waals surface area contributed by atoms with Crippen LogP contribution in [0.5, 0.6) is 11.5 Å². The molecule has 24 heavy (non-hydrogen) atoms. The third-order valence-electron chi connectivity index (χ3n) is 3.66.